The lowest BCUT2D eigenvalue weighted by atomic mass is 10.2. The monoisotopic (exact) mass is 394 g/mol. The van der Waals surface area contributed by atoms with E-state index < -0.39 is 0 Å². The number of hydrogen-bond acceptors (Lipinski definition) is 9. The van der Waals surface area contributed by atoms with Crippen molar-refractivity contribution in [1.82, 2.24) is 20.4 Å². The Balaban J connectivity index is 1.72. The third-order valence-electron chi connectivity index (χ3n) is 2.87. The fourth-order valence-corrected chi connectivity index (χ4v) is 4.21. The molecule has 3 N–H and O–H groups in total. The maximum Gasteiger partial charge on any atom is 0.257 e. The molecule has 1 amide bonds. The zero-order chi connectivity index (χ0) is 18.1. The number of aromatic nitrogens is 4. The van der Waals surface area contributed by atoms with E-state index in [0.29, 0.717) is 15.8 Å². The van der Waals surface area contributed by atoms with Crippen molar-refractivity contribution in [3.05, 3.63) is 47.0 Å². The van der Waals surface area contributed by atoms with E-state index in [4.69, 9.17) is 5.73 Å². The van der Waals surface area contributed by atoms with Gasteiger partial charge in [-0.05, 0) is 11.5 Å². The number of hydrogen-bond donors (Lipinski definition) is 2. The summed E-state index contributed by atoms with van der Waals surface area (Å²) in [5, 5.41) is 21.4. The molecule has 0 aromatic carbocycles. The second kappa shape index (κ2) is 10.1. The molecule has 0 aliphatic carbocycles. The van der Waals surface area contributed by atoms with Crippen molar-refractivity contribution in [2.75, 3.05) is 22.6 Å². The maximum atomic E-state index is 12.0. The first-order chi connectivity index (χ1) is 12.1. The number of nitrogen functional groups attached to an aromatic ring is 1. The van der Waals surface area contributed by atoms with Crippen molar-refractivity contribution in [1.29, 1.82) is 0 Å². The van der Waals surface area contributed by atoms with Crippen LogP contribution in [0, 0.1) is 0 Å². The lowest BCUT2D eigenvalue weighted by Gasteiger charge is -2.00. The highest BCUT2D eigenvalue weighted by Crippen LogP contribution is 2.19. The molecule has 0 aliphatic heterocycles. The van der Waals surface area contributed by atoms with Gasteiger partial charge in [-0.3, -0.25) is 10.1 Å². The summed E-state index contributed by atoms with van der Waals surface area (Å²) in [6.07, 6.45) is 6.26. The molecular weight excluding hydrogens is 376 g/mol. The van der Waals surface area contributed by atoms with E-state index in [-0.39, 0.29) is 5.91 Å². The maximum absolute atomic E-state index is 12.0. The first-order valence-electron chi connectivity index (χ1n) is 7.37. The third kappa shape index (κ3) is 6.40. The predicted octanol–water partition coefficient (Wildman–Crippen LogP) is 2.73. The Morgan fingerprint density at radius 3 is 2.40 bits per heavy atom. The summed E-state index contributed by atoms with van der Waals surface area (Å²) >= 11 is 4.60. The third-order valence-corrected chi connectivity index (χ3v) is 5.57. The molecular formula is C15H18N6OS3. The van der Waals surface area contributed by atoms with Crippen LogP contribution in [0.4, 0.5) is 10.3 Å². The van der Waals surface area contributed by atoms with Crippen molar-refractivity contribution in [3.63, 3.8) is 0 Å². The molecule has 0 spiro atoms. The summed E-state index contributed by atoms with van der Waals surface area (Å²) in [7, 11) is 0. The average molecular weight is 395 g/mol. The Morgan fingerprint density at radius 2 is 1.80 bits per heavy atom. The summed E-state index contributed by atoms with van der Waals surface area (Å²) in [6.45, 7) is 7.17. The highest BCUT2D eigenvalue weighted by molar-refractivity contribution is 7.99. The van der Waals surface area contributed by atoms with Crippen LogP contribution in [-0.4, -0.2) is 37.8 Å². The SMILES string of the molecule is C=C/C=C(\C=C)C(=O)Nc1nnc(CCSCCc2nnc(N)s2)s1. The number of aryl methyl sites for hydroxylation is 2. The molecule has 2 aromatic rings. The smallest absolute Gasteiger partial charge is 0.257 e. The lowest BCUT2D eigenvalue weighted by Crippen LogP contribution is -2.12. The number of nitrogens with zero attached hydrogens (tertiary/aromatic N) is 4. The molecule has 0 saturated heterocycles. The van der Waals surface area contributed by atoms with E-state index in [1.54, 1.807) is 17.8 Å². The van der Waals surface area contributed by atoms with Gasteiger partial charge in [0.15, 0.2) is 0 Å². The molecule has 2 heterocycles. The molecule has 25 heavy (non-hydrogen) atoms. The van der Waals surface area contributed by atoms with Crippen LogP contribution in [0.1, 0.15) is 10.0 Å². The van der Waals surface area contributed by atoms with Gasteiger partial charge >= 0.3 is 0 Å². The zero-order valence-electron chi connectivity index (χ0n) is 13.5. The molecule has 2 aromatic heterocycles. The quantitative estimate of drug-likeness (QED) is 0.362. The van der Waals surface area contributed by atoms with Gasteiger partial charge in [-0.15, -0.1) is 20.4 Å². The van der Waals surface area contributed by atoms with E-state index in [0.717, 1.165) is 34.4 Å². The van der Waals surface area contributed by atoms with Gasteiger partial charge in [0.2, 0.25) is 10.3 Å². The number of allylic oxidation sites excluding steroid dienone is 2. The lowest BCUT2D eigenvalue weighted by molar-refractivity contribution is -0.112. The van der Waals surface area contributed by atoms with Crippen LogP contribution in [-0.2, 0) is 17.6 Å². The van der Waals surface area contributed by atoms with Crippen LogP contribution < -0.4 is 11.1 Å². The van der Waals surface area contributed by atoms with E-state index in [1.165, 1.54) is 34.8 Å². The number of carbonyl (C=O) groups excluding carboxylic acids is 1. The Morgan fingerprint density at radius 1 is 1.12 bits per heavy atom. The number of thioether (sulfide) groups is 1. The Hall–Kier alpha value is -2.04. The Kier molecular flexibility index (Phi) is 7.76. The Bertz CT molecular complexity index is 767. The van der Waals surface area contributed by atoms with Gasteiger partial charge < -0.3 is 5.73 Å². The number of rotatable bonds is 10. The summed E-state index contributed by atoms with van der Waals surface area (Å²) in [4.78, 5) is 12.0. The van der Waals surface area contributed by atoms with Crippen LogP contribution in [0.25, 0.3) is 0 Å². The van der Waals surface area contributed by atoms with E-state index in [9.17, 15) is 4.79 Å². The van der Waals surface area contributed by atoms with Gasteiger partial charge in [0.05, 0.1) is 0 Å². The molecule has 0 saturated carbocycles. The van der Waals surface area contributed by atoms with E-state index in [1.807, 2.05) is 0 Å². The second-order valence-electron chi connectivity index (χ2n) is 4.66. The summed E-state index contributed by atoms with van der Waals surface area (Å²) < 4.78 is 0. The minimum atomic E-state index is -0.275. The largest absolute Gasteiger partial charge is 0.374 e. The van der Waals surface area contributed by atoms with Gasteiger partial charge in [-0.1, -0.05) is 54.1 Å². The molecule has 0 atom stereocenters. The predicted molar refractivity (Wildman–Crippen MR) is 106 cm³/mol. The Labute approximate surface area is 158 Å². The first-order valence-corrected chi connectivity index (χ1v) is 10.2. The van der Waals surface area contributed by atoms with Gasteiger partial charge in [-0.2, -0.15) is 11.8 Å². The van der Waals surface area contributed by atoms with Crippen molar-refractivity contribution in [2.24, 2.45) is 0 Å². The molecule has 2 rings (SSSR count). The standard InChI is InChI=1S/C15H18N6OS3/c1-3-5-10(4-2)13(22)17-15-21-19-12(25-15)7-9-23-8-6-11-18-20-14(16)24-11/h3-5H,1-2,6-9H2,(H2,16,20)(H,17,21,22)/b10-5+. The van der Waals surface area contributed by atoms with Gasteiger partial charge in [-0.25, -0.2) is 0 Å². The number of anilines is 2. The molecule has 0 radical (unpaired) electrons. The summed E-state index contributed by atoms with van der Waals surface area (Å²) in [5.74, 6) is 1.60. The van der Waals surface area contributed by atoms with Crippen LogP contribution in [0.2, 0.25) is 0 Å². The first kappa shape index (κ1) is 19.3. The van der Waals surface area contributed by atoms with Crippen LogP contribution in [0.3, 0.4) is 0 Å². The minimum Gasteiger partial charge on any atom is -0.374 e. The van der Waals surface area contributed by atoms with Gasteiger partial charge in [0.25, 0.3) is 5.91 Å². The van der Waals surface area contributed by atoms with E-state index in [2.05, 4.69) is 38.9 Å². The highest BCUT2D eigenvalue weighted by Gasteiger charge is 2.10. The second-order valence-corrected chi connectivity index (χ2v) is 8.04. The molecule has 0 fully saturated rings. The van der Waals surface area contributed by atoms with E-state index >= 15 is 0 Å². The van der Waals surface area contributed by atoms with Crippen molar-refractivity contribution < 1.29 is 4.79 Å². The van der Waals surface area contributed by atoms with Crippen molar-refractivity contribution in [3.8, 4) is 0 Å². The van der Waals surface area contributed by atoms with Crippen LogP contribution in [0.5, 0.6) is 0 Å². The number of nitrogens with one attached hydrogen (secondary N) is 1. The molecule has 7 nitrogen and oxygen atoms in total. The number of amides is 1. The molecule has 0 aliphatic rings. The topological polar surface area (TPSA) is 107 Å². The van der Waals surface area contributed by atoms with Gasteiger partial charge in [0.1, 0.15) is 10.0 Å². The fourth-order valence-electron chi connectivity index (χ4n) is 1.73. The molecule has 0 unspecified atom stereocenters. The zero-order valence-corrected chi connectivity index (χ0v) is 15.9. The van der Waals surface area contributed by atoms with Gasteiger partial charge in [0, 0.05) is 18.4 Å². The molecule has 132 valence electrons. The number of nitrogens with two attached hydrogens (primary N) is 1. The highest BCUT2D eigenvalue weighted by atomic mass is 32.2. The average Bonchev–Trinajstić information content (AvgIpc) is 3.21. The van der Waals surface area contributed by atoms with Crippen molar-refractivity contribution >= 4 is 50.6 Å². The molecule has 0 bridgehead atoms. The minimum absolute atomic E-state index is 0.275. The molecule has 10 heteroatoms. The fraction of sp³-hybridized carbons (Fsp3) is 0.267. The summed E-state index contributed by atoms with van der Waals surface area (Å²) in [6, 6.07) is 0. The normalized spacial score (nSPS) is 11.3. The summed E-state index contributed by atoms with van der Waals surface area (Å²) in [5.41, 5.74) is 5.98. The van der Waals surface area contributed by atoms with Crippen LogP contribution in [0.15, 0.2) is 37.0 Å². The van der Waals surface area contributed by atoms with Crippen molar-refractivity contribution in [2.45, 2.75) is 12.8 Å². The van der Waals surface area contributed by atoms with Crippen LogP contribution >= 0.6 is 34.4 Å². The number of carbonyl (C=O) groups is 1.